The normalized spacial score (nSPS) is 10.4. The van der Waals surface area contributed by atoms with Gasteiger partial charge in [-0.25, -0.2) is 0 Å². The standard InChI is InChI=1S/C16H20N4S/c1-4-12-7-5-6-8-13(12)9-18-16-14(15(17)21)10(2)11(3)19-20-16/h5-8H,4,9H2,1-3H3,(H2,17,21)(H,18,20). The maximum absolute atomic E-state index is 5.83. The smallest absolute Gasteiger partial charge is 0.159 e. The molecule has 110 valence electrons. The van der Waals surface area contributed by atoms with E-state index in [2.05, 4.69) is 40.6 Å². The van der Waals surface area contributed by atoms with Crippen LogP contribution < -0.4 is 11.1 Å². The van der Waals surface area contributed by atoms with Crippen LogP contribution in [0.15, 0.2) is 24.3 Å². The Hall–Kier alpha value is -2.01. The second-order valence-electron chi connectivity index (χ2n) is 4.97. The number of rotatable bonds is 5. The lowest BCUT2D eigenvalue weighted by molar-refractivity contribution is 0.938. The minimum Gasteiger partial charge on any atom is -0.389 e. The summed E-state index contributed by atoms with van der Waals surface area (Å²) in [6, 6.07) is 8.34. The van der Waals surface area contributed by atoms with Crippen molar-refractivity contribution < 1.29 is 0 Å². The summed E-state index contributed by atoms with van der Waals surface area (Å²) in [5, 5.41) is 11.7. The van der Waals surface area contributed by atoms with E-state index >= 15 is 0 Å². The molecule has 0 saturated carbocycles. The summed E-state index contributed by atoms with van der Waals surface area (Å²) in [5.74, 6) is 0.650. The van der Waals surface area contributed by atoms with E-state index in [1.165, 1.54) is 11.1 Å². The van der Waals surface area contributed by atoms with Crippen LogP contribution in [0.2, 0.25) is 0 Å². The first-order chi connectivity index (χ1) is 10.0. The molecular weight excluding hydrogens is 280 g/mol. The van der Waals surface area contributed by atoms with Gasteiger partial charge in [0.15, 0.2) is 5.82 Å². The van der Waals surface area contributed by atoms with Crippen LogP contribution in [0.25, 0.3) is 0 Å². The highest BCUT2D eigenvalue weighted by atomic mass is 32.1. The number of nitrogens with two attached hydrogens (primary N) is 1. The van der Waals surface area contributed by atoms with Crippen LogP contribution in [-0.4, -0.2) is 15.2 Å². The van der Waals surface area contributed by atoms with E-state index in [1.807, 2.05) is 19.9 Å². The van der Waals surface area contributed by atoms with E-state index in [1.54, 1.807) is 0 Å². The summed E-state index contributed by atoms with van der Waals surface area (Å²) in [5.41, 5.74) is 11.0. The van der Waals surface area contributed by atoms with Gasteiger partial charge in [-0.3, -0.25) is 0 Å². The van der Waals surface area contributed by atoms with Gasteiger partial charge in [0.25, 0.3) is 0 Å². The van der Waals surface area contributed by atoms with Crippen LogP contribution in [0.4, 0.5) is 5.82 Å². The van der Waals surface area contributed by atoms with Gasteiger partial charge >= 0.3 is 0 Å². The van der Waals surface area contributed by atoms with Crippen molar-refractivity contribution in [2.75, 3.05) is 5.32 Å². The van der Waals surface area contributed by atoms with Gasteiger partial charge in [-0.2, -0.15) is 5.10 Å². The maximum atomic E-state index is 5.83. The highest BCUT2D eigenvalue weighted by Gasteiger charge is 2.13. The number of aryl methyl sites for hydroxylation is 2. The lowest BCUT2D eigenvalue weighted by Gasteiger charge is -2.14. The van der Waals surface area contributed by atoms with E-state index in [4.69, 9.17) is 18.0 Å². The fraction of sp³-hybridized carbons (Fsp3) is 0.312. The number of nitrogens with one attached hydrogen (secondary N) is 1. The van der Waals surface area contributed by atoms with Crippen LogP contribution in [-0.2, 0) is 13.0 Å². The SMILES string of the molecule is CCc1ccccc1CNc1nnc(C)c(C)c1C(N)=S. The number of hydrogen-bond acceptors (Lipinski definition) is 4. The van der Waals surface area contributed by atoms with Crippen molar-refractivity contribution in [3.8, 4) is 0 Å². The predicted octanol–water partition coefficient (Wildman–Crippen LogP) is 2.90. The lowest BCUT2D eigenvalue weighted by Crippen LogP contribution is -2.18. The van der Waals surface area contributed by atoms with Gasteiger partial charge in [-0.1, -0.05) is 43.4 Å². The Bertz CT molecular complexity index is 667. The molecule has 1 aromatic heterocycles. The van der Waals surface area contributed by atoms with Crippen LogP contribution >= 0.6 is 12.2 Å². The molecule has 0 atom stereocenters. The summed E-state index contributed by atoms with van der Waals surface area (Å²) < 4.78 is 0. The molecule has 0 aliphatic rings. The second kappa shape index (κ2) is 6.63. The Balaban J connectivity index is 2.28. The molecule has 3 N–H and O–H groups in total. The molecular formula is C16H20N4S. The first kappa shape index (κ1) is 15.4. The zero-order valence-electron chi connectivity index (χ0n) is 12.6. The summed E-state index contributed by atoms with van der Waals surface area (Å²) in [6.07, 6.45) is 0.999. The molecule has 0 unspecified atom stereocenters. The van der Waals surface area contributed by atoms with Gasteiger partial charge < -0.3 is 11.1 Å². The molecule has 0 saturated heterocycles. The first-order valence-electron chi connectivity index (χ1n) is 6.99. The fourth-order valence-corrected chi connectivity index (χ4v) is 2.54. The molecule has 1 heterocycles. The van der Waals surface area contributed by atoms with E-state index < -0.39 is 0 Å². The van der Waals surface area contributed by atoms with Crippen molar-refractivity contribution in [2.24, 2.45) is 5.73 Å². The molecule has 5 heteroatoms. The molecule has 0 aliphatic carbocycles. The quantitative estimate of drug-likeness (QED) is 0.831. The zero-order chi connectivity index (χ0) is 15.4. The zero-order valence-corrected chi connectivity index (χ0v) is 13.4. The minimum absolute atomic E-state index is 0.344. The summed E-state index contributed by atoms with van der Waals surface area (Å²) in [7, 11) is 0. The van der Waals surface area contributed by atoms with Crippen molar-refractivity contribution in [3.05, 3.63) is 52.2 Å². The molecule has 4 nitrogen and oxygen atoms in total. The number of nitrogens with zero attached hydrogens (tertiary/aromatic N) is 2. The Morgan fingerprint density at radius 3 is 2.48 bits per heavy atom. The second-order valence-corrected chi connectivity index (χ2v) is 5.41. The van der Waals surface area contributed by atoms with E-state index in [0.717, 1.165) is 23.2 Å². The van der Waals surface area contributed by atoms with Crippen LogP contribution in [0, 0.1) is 13.8 Å². The van der Waals surface area contributed by atoms with Crippen molar-refractivity contribution in [1.82, 2.24) is 10.2 Å². The Kier molecular flexibility index (Phi) is 4.85. The van der Waals surface area contributed by atoms with Crippen LogP contribution in [0.1, 0.15) is 34.9 Å². The molecule has 0 bridgehead atoms. The maximum Gasteiger partial charge on any atom is 0.159 e. The molecule has 2 rings (SSSR count). The van der Waals surface area contributed by atoms with Gasteiger partial charge in [0.1, 0.15) is 4.99 Å². The number of anilines is 1. The summed E-state index contributed by atoms with van der Waals surface area (Å²) in [4.78, 5) is 0.344. The molecule has 0 amide bonds. The average Bonchev–Trinajstić information content (AvgIpc) is 2.48. The van der Waals surface area contributed by atoms with Crippen LogP contribution in [0.5, 0.6) is 0 Å². The average molecular weight is 300 g/mol. The fourth-order valence-electron chi connectivity index (χ4n) is 2.29. The number of hydrogen-bond donors (Lipinski definition) is 2. The summed E-state index contributed by atoms with van der Waals surface area (Å²) >= 11 is 5.15. The van der Waals surface area contributed by atoms with Gasteiger partial charge in [-0.15, -0.1) is 5.10 Å². The van der Waals surface area contributed by atoms with Crippen molar-refractivity contribution in [2.45, 2.75) is 33.7 Å². The number of aromatic nitrogens is 2. The molecule has 0 radical (unpaired) electrons. The molecule has 0 aliphatic heterocycles. The van der Waals surface area contributed by atoms with Gasteiger partial charge in [0.05, 0.1) is 11.3 Å². The van der Waals surface area contributed by atoms with Crippen molar-refractivity contribution in [3.63, 3.8) is 0 Å². The Morgan fingerprint density at radius 2 is 1.86 bits per heavy atom. The molecule has 0 fully saturated rings. The third-order valence-electron chi connectivity index (χ3n) is 3.65. The highest BCUT2D eigenvalue weighted by Crippen LogP contribution is 2.19. The molecule has 21 heavy (non-hydrogen) atoms. The van der Waals surface area contributed by atoms with Gasteiger partial charge in [0.2, 0.25) is 0 Å². The van der Waals surface area contributed by atoms with E-state index in [0.29, 0.717) is 17.4 Å². The summed E-state index contributed by atoms with van der Waals surface area (Å²) in [6.45, 7) is 6.69. The molecule has 2 aromatic rings. The largest absolute Gasteiger partial charge is 0.389 e. The Morgan fingerprint density at radius 1 is 1.19 bits per heavy atom. The van der Waals surface area contributed by atoms with Crippen molar-refractivity contribution >= 4 is 23.0 Å². The van der Waals surface area contributed by atoms with Crippen molar-refractivity contribution in [1.29, 1.82) is 0 Å². The lowest BCUT2D eigenvalue weighted by atomic mass is 10.0. The predicted molar refractivity (Wildman–Crippen MR) is 90.5 cm³/mol. The number of benzene rings is 1. The monoisotopic (exact) mass is 300 g/mol. The first-order valence-corrected chi connectivity index (χ1v) is 7.39. The third kappa shape index (κ3) is 3.36. The van der Waals surface area contributed by atoms with Crippen LogP contribution in [0.3, 0.4) is 0 Å². The number of thiocarbonyl (C=S) groups is 1. The molecule has 1 aromatic carbocycles. The van der Waals surface area contributed by atoms with E-state index in [-0.39, 0.29) is 0 Å². The topological polar surface area (TPSA) is 63.8 Å². The molecule has 0 spiro atoms. The van der Waals surface area contributed by atoms with Gasteiger partial charge in [-0.05, 0) is 37.0 Å². The minimum atomic E-state index is 0.344. The Labute approximate surface area is 130 Å². The van der Waals surface area contributed by atoms with Gasteiger partial charge in [0, 0.05) is 6.54 Å². The van der Waals surface area contributed by atoms with E-state index in [9.17, 15) is 0 Å². The third-order valence-corrected chi connectivity index (χ3v) is 3.85. The highest BCUT2D eigenvalue weighted by molar-refractivity contribution is 7.80.